The summed E-state index contributed by atoms with van der Waals surface area (Å²) in [6.45, 7) is 6.98. The average Bonchev–Trinajstić information content (AvgIpc) is 2.35. The molecule has 0 fully saturated rings. The van der Waals surface area contributed by atoms with E-state index in [1.165, 1.54) is 0 Å². The fourth-order valence-electron chi connectivity index (χ4n) is 1.79. The molecule has 4 nitrogen and oxygen atoms in total. The topological polar surface area (TPSA) is 52.6 Å². The first-order valence-electron chi connectivity index (χ1n) is 6.41. The van der Waals surface area contributed by atoms with Crippen LogP contribution in [0.25, 0.3) is 0 Å². The Balaban J connectivity index is 2.79. The SMILES string of the molecule is CCN(CC(=O)NC(C)C)c1ccc(CO)c(Br)c1. The number of hydrogen-bond donors (Lipinski definition) is 2. The van der Waals surface area contributed by atoms with E-state index < -0.39 is 0 Å². The first kappa shape index (κ1) is 16.0. The minimum atomic E-state index is 0.000817. The number of halogens is 1. The number of hydrogen-bond acceptors (Lipinski definition) is 3. The lowest BCUT2D eigenvalue weighted by molar-refractivity contribution is -0.120. The third-order valence-corrected chi connectivity index (χ3v) is 3.48. The van der Waals surface area contributed by atoms with Crippen molar-refractivity contribution in [1.82, 2.24) is 5.32 Å². The molecule has 0 saturated carbocycles. The van der Waals surface area contributed by atoms with Gasteiger partial charge in [-0.05, 0) is 38.5 Å². The molecule has 0 aliphatic rings. The molecule has 2 N–H and O–H groups in total. The van der Waals surface area contributed by atoms with Crippen molar-refractivity contribution in [2.24, 2.45) is 0 Å². The van der Waals surface area contributed by atoms with E-state index in [0.29, 0.717) is 6.54 Å². The zero-order valence-electron chi connectivity index (χ0n) is 11.6. The van der Waals surface area contributed by atoms with Gasteiger partial charge in [-0.1, -0.05) is 22.0 Å². The number of aliphatic hydroxyl groups excluding tert-OH is 1. The Morgan fingerprint density at radius 2 is 2.16 bits per heavy atom. The van der Waals surface area contributed by atoms with Gasteiger partial charge in [0.15, 0.2) is 0 Å². The maximum absolute atomic E-state index is 11.8. The summed E-state index contributed by atoms with van der Waals surface area (Å²) in [5, 5.41) is 12.0. The zero-order chi connectivity index (χ0) is 14.4. The number of benzene rings is 1. The summed E-state index contributed by atoms with van der Waals surface area (Å²) >= 11 is 3.42. The van der Waals surface area contributed by atoms with Crippen LogP contribution in [0.2, 0.25) is 0 Å². The maximum Gasteiger partial charge on any atom is 0.239 e. The van der Waals surface area contributed by atoms with E-state index in [1.807, 2.05) is 43.9 Å². The molecule has 0 saturated heterocycles. The van der Waals surface area contributed by atoms with Crippen molar-refractivity contribution in [2.75, 3.05) is 18.0 Å². The second-order valence-corrected chi connectivity index (χ2v) is 5.52. The van der Waals surface area contributed by atoms with Gasteiger partial charge >= 0.3 is 0 Å². The van der Waals surface area contributed by atoms with Crippen molar-refractivity contribution in [3.05, 3.63) is 28.2 Å². The Bertz CT molecular complexity index is 435. The number of likely N-dealkylation sites (N-methyl/N-ethyl adjacent to an activating group) is 1. The van der Waals surface area contributed by atoms with E-state index in [2.05, 4.69) is 21.2 Å². The molecule has 19 heavy (non-hydrogen) atoms. The smallest absolute Gasteiger partial charge is 0.239 e. The summed E-state index contributed by atoms with van der Waals surface area (Å²) in [7, 11) is 0. The molecule has 1 amide bonds. The van der Waals surface area contributed by atoms with Crippen LogP contribution in [-0.2, 0) is 11.4 Å². The number of anilines is 1. The van der Waals surface area contributed by atoms with Gasteiger partial charge in [0.25, 0.3) is 0 Å². The third-order valence-electron chi connectivity index (χ3n) is 2.74. The van der Waals surface area contributed by atoms with Crippen molar-refractivity contribution in [1.29, 1.82) is 0 Å². The van der Waals surface area contributed by atoms with Crippen molar-refractivity contribution in [3.8, 4) is 0 Å². The van der Waals surface area contributed by atoms with Gasteiger partial charge in [-0.3, -0.25) is 4.79 Å². The Morgan fingerprint density at radius 3 is 2.63 bits per heavy atom. The summed E-state index contributed by atoms with van der Waals surface area (Å²) in [5.74, 6) is 0.0132. The number of carbonyl (C=O) groups excluding carboxylic acids is 1. The molecule has 1 rings (SSSR count). The third kappa shape index (κ3) is 4.84. The molecular formula is C14H21BrN2O2. The van der Waals surface area contributed by atoms with E-state index in [0.717, 1.165) is 22.3 Å². The van der Waals surface area contributed by atoms with Crippen molar-refractivity contribution < 1.29 is 9.90 Å². The number of amides is 1. The van der Waals surface area contributed by atoms with Crippen LogP contribution in [0.15, 0.2) is 22.7 Å². The highest BCUT2D eigenvalue weighted by molar-refractivity contribution is 9.10. The Hall–Kier alpha value is -1.07. The van der Waals surface area contributed by atoms with Crippen LogP contribution < -0.4 is 10.2 Å². The minimum Gasteiger partial charge on any atom is -0.392 e. The van der Waals surface area contributed by atoms with Crippen LogP contribution in [0, 0.1) is 0 Å². The molecule has 0 aromatic heterocycles. The molecule has 0 bridgehead atoms. The minimum absolute atomic E-state index is 0.000817. The number of nitrogens with one attached hydrogen (secondary N) is 1. The predicted octanol–water partition coefficient (Wildman–Crippen LogP) is 2.29. The molecule has 0 aliphatic heterocycles. The predicted molar refractivity (Wildman–Crippen MR) is 81.2 cm³/mol. The van der Waals surface area contributed by atoms with E-state index in [-0.39, 0.29) is 18.6 Å². The molecular weight excluding hydrogens is 308 g/mol. The molecule has 1 aromatic carbocycles. The second kappa shape index (κ2) is 7.50. The van der Waals surface area contributed by atoms with Crippen LogP contribution in [0.3, 0.4) is 0 Å². The maximum atomic E-state index is 11.8. The first-order chi connectivity index (χ1) is 8.97. The molecule has 0 atom stereocenters. The second-order valence-electron chi connectivity index (χ2n) is 4.67. The highest BCUT2D eigenvalue weighted by Gasteiger charge is 2.12. The molecule has 0 spiro atoms. The van der Waals surface area contributed by atoms with Gasteiger partial charge < -0.3 is 15.3 Å². The lowest BCUT2D eigenvalue weighted by Crippen LogP contribution is -2.40. The van der Waals surface area contributed by atoms with Crippen molar-refractivity contribution >= 4 is 27.5 Å². The normalized spacial score (nSPS) is 10.6. The summed E-state index contributed by atoms with van der Waals surface area (Å²) < 4.78 is 0.857. The van der Waals surface area contributed by atoms with Crippen molar-refractivity contribution in [2.45, 2.75) is 33.4 Å². The van der Waals surface area contributed by atoms with Crippen molar-refractivity contribution in [3.63, 3.8) is 0 Å². The van der Waals surface area contributed by atoms with Crippen LogP contribution in [0.4, 0.5) is 5.69 Å². The van der Waals surface area contributed by atoms with Crippen LogP contribution >= 0.6 is 15.9 Å². The van der Waals surface area contributed by atoms with Gasteiger partial charge in [-0.25, -0.2) is 0 Å². The van der Waals surface area contributed by atoms with Gasteiger partial charge in [0.1, 0.15) is 0 Å². The fraction of sp³-hybridized carbons (Fsp3) is 0.500. The monoisotopic (exact) mass is 328 g/mol. The molecule has 0 radical (unpaired) electrons. The zero-order valence-corrected chi connectivity index (χ0v) is 13.2. The molecule has 0 heterocycles. The summed E-state index contributed by atoms with van der Waals surface area (Å²) in [4.78, 5) is 13.8. The lowest BCUT2D eigenvalue weighted by Gasteiger charge is -2.23. The van der Waals surface area contributed by atoms with Gasteiger partial charge in [-0.15, -0.1) is 0 Å². The number of nitrogens with zero attached hydrogens (tertiary/aromatic N) is 1. The van der Waals surface area contributed by atoms with Gasteiger partial charge in [0, 0.05) is 22.7 Å². The van der Waals surface area contributed by atoms with Crippen LogP contribution in [-0.4, -0.2) is 30.1 Å². The van der Waals surface area contributed by atoms with E-state index in [1.54, 1.807) is 0 Å². The highest BCUT2D eigenvalue weighted by Crippen LogP contribution is 2.24. The quantitative estimate of drug-likeness (QED) is 0.842. The summed E-state index contributed by atoms with van der Waals surface area (Å²) in [6, 6.07) is 5.86. The largest absolute Gasteiger partial charge is 0.392 e. The molecule has 1 aromatic rings. The van der Waals surface area contributed by atoms with Crippen LogP contribution in [0.5, 0.6) is 0 Å². The average molecular weight is 329 g/mol. The Labute approximate surface area is 122 Å². The van der Waals surface area contributed by atoms with E-state index in [9.17, 15) is 4.79 Å². The fourth-order valence-corrected chi connectivity index (χ4v) is 2.28. The lowest BCUT2D eigenvalue weighted by atomic mass is 10.2. The van der Waals surface area contributed by atoms with E-state index >= 15 is 0 Å². The Morgan fingerprint density at radius 1 is 1.47 bits per heavy atom. The van der Waals surface area contributed by atoms with Crippen LogP contribution in [0.1, 0.15) is 26.3 Å². The van der Waals surface area contributed by atoms with Gasteiger partial charge in [0.05, 0.1) is 13.2 Å². The van der Waals surface area contributed by atoms with Gasteiger partial charge in [0.2, 0.25) is 5.91 Å². The number of carbonyl (C=O) groups is 1. The molecule has 0 unspecified atom stereocenters. The molecule has 0 aliphatic carbocycles. The van der Waals surface area contributed by atoms with Gasteiger partial charge in [-0.2, -0.15) is 0 Å². The number of aliphatic hydroxyl groups is 1. The first-order valence-corrected chi connectivity index (χ1v) is 7.20. The Kier molecular flexibility index (Phi) is 6.31. The number of rotatable bonds is 6. The summed E-state index contributed by atoms with van der Waals surface area (Å²) in [5.41, 5.74) is 1.80. The summed E-state index contributed by atoms with van der Waals surface area (Å²) in [6.07, 6.45) is 0. The highest BCUT2D eigenvalue weighted by atomic mass is 79.9. The standard InChI is InChI=1S/C14H21BrN2O2/c1-4-17(8-14(19)16-10(2)3)12-6-5-11(9-18)13(15)7-12/h5-7,10,18H,4,8-9H2,1-3H3,(H,16,19). The molecule has 5 heteroatoms. The van der Waals surface area contributed by atoms with E-state index in [4.69, 9.17) is 5.11 Å². The molecule has 106 valence electrons.